The van der Waals surface area contributed by atoms with Gasteiger partial charge >= 0.3 is 29.6 Å². The molecule has 0 bridgehead atoms. The Labute approximate surface area is 133 Å². The van der Waals surface area contributed by atoms with Gasteiger partial charge < -0.3 is 4.55 Å². The first-order valence-electron chi connectivity index (χ1n) is 5.80. The van der Waals surface area contributed by atoms with Crippen molar-refractivity contribution in [1.82, 2.24) is 0 Å². The first-order chi connectivity index (χ1) is 7.81. The predicted octanol–water partition coefficient (Wildman–Crippen LogP) is -1.07. The van der Waals surface area contributed by atoms with Crippen molar-refractivity contribution >= 4 is 23.4 Å². The molecule has 0 aliphatic rings. The zero-order valence-corrected chi connectivity index (χ0v) is 15.2. The third-order valence-corrected chi connectivity index (χ3v) is 7.29. The monoisotopic (exact) mass is 294 g/mol. The topological polar surface area (TPSA) is 57.2 Å². The van der Waals surface area contributed by atoms with E-state index >= 15 is 0 Å². The Morgan fingerprint density at radius 3 is 2.17 bits per heavy atom. The van der Waals surface area contributed by atoms with E-state index in [0.29, 0.717) is 6.42 Å². The van der Waals surface area contributed by atoms with Gasteiger partial charge in [0.15, 0.2) is 0 Å². The van der Waals surface area contributed by atoms with Crippen molar-refractivity contribution in [1.29, 1.82) is 0 Å². The summed E-state index contributed by atoms with van der Waals surface area (Å²) in [7, 11) is -5.51. The second-order valence-corrected chi connectivity index (χ2v) is 11.3. The van der Waals surface area contributed by atoms with Crippen molar-refractivity contribution in [2.45, 2.75) is 32.0 Å². The van der Waals surface area contributed by atoms with Crippen LogP contribution in [0.1, 0.15) is 12.8 Å². The summed E-state index contributed by atoms with van der Waals surface area (Å²) in [5.41, 5.74) is 0. The van der Waals surface area contributed by atoms with Crippen molar-refractivity contribution in [3.63, 3.8) is 0 Å². The predicted molar refractivity (Wildman–Crippen MR) is 72.2 cm³/mol. The summed E-state index contributed by atoms with van der Waals surface area (Å²) in [5, 5.41) is 1.38. The van der Waals surface area contributed by atoms with E-state index in [9.17, 15) is 13.0 Å². The van der Waals surface area contributed by atoms with E-state index < -0.39 is 18.2 Å². The van der Waals surface area contributed by atoms with E-state index in [1.165, 1.54) is 5.19 Å². The summed E-state index contributed by atoms with van der Waals surface area (Å²) in [4.78, 5) is 0. The number of benzene rings is 1. The third kappa shape index (κ3) is 7.06. The molecule has 0 amide bonds. The van der Waals surface area contributed by atoms with Crippen LogP contribution in [-0.2, 0) is 10.1 Å². The van der Waals surface area contributed by atoms with Gasteiger partial charge in [0, 0.05) is 5.75 Å². The maximum atomic E-state index is 10.5. The first kappa shape index (κ1) is 18.3. The molecule has 0 radical (unpaired) electrons. The molecule has 1 aromatic rings. The van der Waals surface area contributed by atoms with E-state index in [1.54, 1.807) is 0 Å². The minimum absolute atomic E-state index is 0. The molecule has 6 heteroatoms. The minimum Gasteiger partial charge on any atom is -0.748 e. The normalized spacial score (nSPS) is 11.9. The Balaban J connectivity index is 0.00000289. The number of unbranched alkanes of at least 4 members (excludes halogenated alkanes) is 1. The maximum absolute atomic E-state index is 10.5. The van der Waals surface area contributed by atoms with Gasteiger partial charge in [-0.15, -0.1) is 0 Å². The second kappa shape index (κ2) is 7.82. The van der Waals surface area contributed by atoms with Crippen LogP contribution in [0.4, 0.5) is 0 Å². The van der Waals surface area contributed by atoms with Crippen LogP contribution < -0.4 is 34.7 Å². The standard InChI is InChI=1S/C12H20O3SSi.Na/c1-17(2,12-8-4-3-5-9-12)11-7-6-10-16(13,14)15;/h3-5,8-9H,6-7,10-11H2,1-2H3,(H,13,14,15);/q;+1/p-1. The molecule has 0 atom stereocenters. The van der Waals surface area contributed by atoms with Crippen molar-refractivity contribution in [2.24, 2.45) is 0 Å². The van der Waals surface area contributed by atoms with Gasteiger partial charge in [-0.05, 0) is 6.42 Å². The van der Waals surface area contributed by atoms with E-state index in [2.05, 4.69) is 25.2 Å². The fourth-order valence-electron chi connectivity index (χ4n) is 1.88. The van der Waals surface area contributed by atoms with E-state index in [1.807, 2.05) is 18.2 Å². The van der Waals surface area contributed by atoms with E-state index in [-0.39, 0.29) is 35.3 Å². The smallest absolute Gasteiger partial charge is 0.748 e. The number of rotatable bonds is 6. The summed E-state index contributed by atoms with van der Waals surface area (Å²) in [5.74, 6) is -0.230. The second-order valence-electron chi connectivity index (χ2n) is 4.97. The molecule has 1 rings (SSSR count). The Morgan fingerprint density at radius 2 is 1.67 bits per heavy atom. The van der Waals surface area contributed by atoms with Crippen LogP contribution in [-0.4, -0.2) is 26.8 Å². The molecule has 0 unspecified atom stereocenters. The summed E-state index contributed by atoms with van der Waals surface area (Å²) in [6.07, 6.45) is 1.30. The summed E-state index contributed by atoms with van der Waals surface area (Å²) in [6, 6.07) is 11.4. The summed E-state index contributed by atoms with van der Waals surface area (Å²) >= 11 is 0. The fourth-order valence-corrected chi connectivity index (χ4v) is 4.95. The molecule has 1 aromatic carbocycles. The fraction of sp³-hybridized carbons (Fsp3) is 0.500. The molecule has 0 aliphatic carbocycles. The van der Waals surface area contributed by atoms with Crippen molar-refractivity contribution in [2.75, 3.05) is 5.75 Å². The molecule has 0 spiro atoms. The number of hydrogen-bond donors (Lipinski definition) is 0. The number of hydrogen-bond acceptors (Lipinski definition) is 3. The van der Waals surface area contributed by atoms with Gasteiger partial charge in [0.2, 0.25) is 0 Å². The average Bonchev–Trinajstić information content (AvgIpc) is 2.25. The quantitative estimate of drug-likeness (QED) is 0.381. The SMILES string of the molecule is C[Si](C)(CCCCS(=O)(=O)[O-])c1ccccc1.[Na+]. The van der Waals surface area contributed by atoms with Crippen LogP contribution in [0.5, 0.6) is 0 Å². The van der Waals surface area contributed by atoms with Gasteiger partial charge in [-0.25, -0.2) is 8.42 Å². The maximum Gasteiger partial charge on any atom is 1.00 e. The van der Waals surface area contributed by atoms with Crippen LogP contribution in [0.15, 0.2) is 30.3 Å². The molecule has 3 nitrogen and oxygen atoms in total. The van der Waals surface area contributed by atoms with Gasteiger partial charge in [-0.2, -0.15) is 0 Å². The van der Waals surface area contributed by atoms with Crippen molar-refractivity contribution in [3.05, 3.63) is 30.3 Å². The van der Waals surface area contributed by atoms with Gasteiger partial charge in [-0.3, -0.25) is 0 Å². The average molecular weight is 294 g/mol. The largest absolute Gasteiger partial charge is 1.00 e. The molecule has 0 saturated heterocycles. The van der Waals surface area contributed by atoms with Crippen LogP contribution in [0.3, 0.4) is 0 Å². The Bertz CT molecular complexity index is 446. The van der Waals surface area contributed by atoms with Gasteiger partial charge in [0.05, 0.1) is 18.2 Å². The zero-order valence-electron chi connectivity index (χ0n) is 11.3. The molecule has 0 fully saturated rings. The van der Waals surface area contributed by atoms with Crippen molar-refractivity contribution < 1.29 is 42.5 Å². The minimum atomic E-state index is -4.04. The molecule has 96 valence electrons. The van der Waals surface area contributed by atoms with E-state index in [0.717, 1.165) is 12.5 Å². The van der Waals surface area contributed by atoms with Gasteiger partial charge in [-0.1, -0.05) is 61.1 Å². The molecule has 0 N–H and O–H groups in total. The van der Waals surface area contributed by atoms with Gasteiger partial charge in [0.25, 0.3) is 0 Å². The molecule has 0 saturated carbocycles. The van der Waals surface area contributed by atoms with Crippen LogP contribution in [0.2, 0.25) is 19.1 Å². The van der Waals surface area contributed by atoms with Crippen LogP contribution in [0.25, 0.3) is 0 Å². The molecular formula is C12H19NaO3SSi. The molecule has 0 aliphatic heterocycles. The zero-order chi connectivity index (χ0) is 12.9. The summed E-state index contributed by atoms with van der Waals surface area (Å²) < 4.78 is 31.4. The van der Waals surface area contributed by atoms with E-state index in [4.69, 9.17) is 0 Å². The summed E-state index contributed by atoms with van der Waals surface area (Å²) in [6.45, 7) is 4.54. The molecular weight excluding hydrogens is 275 g/mol. The van der Waals surface area contributed by atoms with Crippen LogP contribution in [0, 0.1) is 0 Å². The molecule has 18 heavy (non-hydrogen) atoms. The Morgan fingerprint density at radius 1 is 1.11 bits per heavy atom. The Kier molecular flexibility index (Phi) is 7.97. The van der Waals surface area contributed by atoms with Crippen molar-refractivity contribution in [3.8, 4) is 0 Å². The first-order valence-corrected chi connectivity index (χ1v) is 10.6. The van der Waals surface area contributed by atoms with Crippen LogP contribution >= 0.6 is 0 Å². The van der Waals surface area contributed by atoms with Gasteiger partial charge in [0.1, 0.15) is 0 Å². The molecule has 0 heterocycles. The molecule has 0 aromatic heterocycles. The third-order valence-electron chi connectivity index (χ3n) is 3.00. The Hall–Kier alpha value is 0.347.